The minimum atomic E-state index is -3.76. The first kappa shape index (κ1) is 17.6. The summed E-state index contributed by atoms with van der Waals surface area (Å²) in [6.07, 6.45) is 7.07. The summed E-state index contributed by atoms with van der Waals surface area (Å²) in [6.45, 7) is 1.99. The van der Waals surface area contributed by atoms with Crippen LogP contribution in [0.2, 0.25) is 0 Å². The molecule has 1 atom stereocenters. The number of fused-ring (bicyclic) bond motifs is 2. The Kier molecular flexibility index (Phi) is 4.14. The first-order chi connectivity index (χ1) is 13.5. The molecule has 144 valence electrons. The van der Waals surface area contributed by atoms with Gasteiger partial charge in [-0.05, 0) is 61.7 Å². The zero-order valence-electron chi connectivity index (χ0n) is 15.4. The Labute approximate surface area is 163 Å². The van der Waals surface area contributed by atoms with Gasteiger partial charge >= 0.3 is 0 Å². The molecule has 2 aliphatic heterocycles. The lowest BCUT2D eigenvalue weighted by Crippen LogP contribution is -2.32. The van der Waals surface area contributed by atoms with E-state index in [4.69, 9.17) is 0 Å². The van der Waals surface area contributed by atoms with Gasteiger partial charge in [0.15, 0.2) is 0 Å². The van der Waals surface area contributed by atoms with Gasteiger partial charge in [-0.1, -0.05) is 24.3 Å². The summed E-state index contributed by atoms with van der Waals surface area (Å²) in [5.74, 6) is -0.359. The van der Waals surface area contributed by atoms with Gasteiger partial charge in [-0.25, -0.2) is 16.8 Å². The van der Waals surface area contributed by atoms with Crippen LogP contribution >= 0.6 is 0 Å². The topological polar surface area (TPSA) is 42.3 Å². The van der Waals surface area contributed by atoms with Crippen LogP contribution in [0.25, 0.3) is 16.5 Å². The predicted octanol–water partition coefficient (Wildman–Crippen LogP) is 4.27. The fourth-order valence-corrected chi connectivity index (χ4v) is 5.88. The Hall–Kier alpha value is -2.44. The molecule has 6 heteroatoms. The van der Waals surface area contributed by atoms with Gasteiger partial charge in [0.25, 0.3) is 10.0 Å². The number of benzene rings is 2. The predicted molar refractivity (Wildman–Crippen MR) is 108 cm³/mol. The van der Waals surface area contributed by atoms with Crippen LogP contribution in [-0.4, -0.2) is 36.4 Å². The molecule has 0 amide bonds. The Balaban J connectivity index is 1.68. The maximum atomic E-state index is 14.0. The van der Waals surface area contributed by atoms with E-state index in [-0.39, 0.29) is 10.7 Å². The smallest absolute Gasteiger partial charge is 0.268 e. The molecule has 0 bridgehead atoms. The molecule has 1 fully saturated rings. The number of halogens is 1. The highest BCUT2D eigenvalue weighted by Crippen LogP contribution is 2.37. The van der Waals surface area contributed by atoms with Crippen molar-refractivity contribution in [1.82, 2.24) is 8.87 Å². The van der Waals surface area contributed by atoms with Crippen molar-refractivity contribution in [2.75, 3.05) is 13.1 Å². The summed E-state index contributed by atoms with van der Waals surface area (Å²) in [4.78, 5) is 2.69. The van der Waals surface area contributed by atoms with Crippen LogP contribution < -0.4 is 0 Å². The third-order valence-electron chi connectivity index (χ3n) is 5.91. The first-order valence-corrected chi connectivity index (χ1v) is 11.0. The number of rotatable bonds is 3. The van der Waals surface area contributed by atoms with Gasteiger partial charge in [0, 0.05) is 29.7 Å². The number of nitrogens with zero attached hydrogens (tertiary/aromatic N) is 2. The monoisotopic (exact) mass is 396 g/mol. The van der Waals surface area contributed by atoms with E-state index in [1.165, 1.54) is 22.5 Å². The fraction of sp³-hybridized carbons (Fsp3) is 0.273. The molecule has 0 N–H and O–H groups in total. The second kappa shape index (κ2) is 6.57. The Morgan fingerprint density at radius 3 is 2.71 bits per heavy atom. The average molecular weight is 396 g/mol. The highest BCUT2D eigenvalue weighted by atomic mass is 32.2. The molecule has 3 aromatic rings. The molecule has 1 aromatic heterocycles. The molecule has 28 heavy (non-hydrogen) atoms. The van der Waals surface area contributed by atoms with E-state index in [9.17, 15) is 12.8 Å². The molecule has 0 radical (unpaired) electrons. The van der Waals surface area contributed by atoms with Gasteiger partial charge in [-0.2, -0.15) is 0 Å². The maximum absolute atomic E-state index is 14.0. The van der Waals surface area contributed by atoms with E-state index in [2.05, 4.69) is 11.0 Å². The molecule has 0 aliphatic carbocycles. The summed E-state index contributed by atoms with van der Waals surface area (Å²) in [7, 11) is -3.76. The quantitative estimate of drug-likeness (QED) is 0.664. The molecule has 2 aliphatic rings. The Morgan fingerprint density at radius 1 is 1.07 bits per heavy atom. The lowest BCUT2D eigenvalue weighted by atomic mass is 9.94. The molecule has 0 spiro atoms. The van der Waals surface area contributed by atoms with Gasteiger partial charge in [-0.15, -0.1) is 0 Å². The molecule has 3 heterocycles. The first-order valence-electron chi connectivity index (χ1n) is 9.59. The normalized spacial score (nSPS) is 20.3. The largest absolute Gasteiger partial charge is 0.296 e. The fourth-order valence-electron chi connectivity index (χ4n) is 4.48. The minimum absolute atomic E-state index is 0.224. The molecule has 5 rings (SSSR count). The van der Waals surface area contributed by atoms with E-state index in [0.29, 0.717) is 16.9 Å². The summed E-state index contributed by atoms with van der Waals surface area (Å²) in [5.41, 5.74) is 2.44. The van der Waals surface area contributed by atoms with Crippen molar-refractivity contribution >= 4 is 26.5 Å². The van der Waals surface area contributed by atoms with E-state index >= 15 is 0 Å². The van der Waals surface area contributed by atoms with E-state index in [0.717, 1.165) is 37.1 Å². The third kappa shape index (κ3) is 2.79. The van der Waals surface area contributed by atoms with E-state index in [1.807, 2.05) is 0 Å². The third-order valence-corrected chi connectivity index (χ3v) is 7.59. The van der Waals surface area contributed by atoms with Crippen LogP contribution in [0.15, 0.2) is 65.7 Å². The molecule has 2 aromatic carbocycles. The molecule has 4 nitrogen and oxygen atoms in total. The van der Waals surface area contributed by atoms with Gasteiger partial charge in [0.05, 0.1) is 10.4 Å². The van der Waals surface area contributed by atoms with Crippen molar-refractivity contribution in [3.8, 4) is 0 Å². The maximum Gasteiger partial charge on any atom is 0.268 e. The van der Waals surface area contributed by atoms with Crippen molar-refractivity contribution in [3.63, 3.8) is 0 Å². The Bertz CT molecular complexity index is 1180. The minimum Gasteiger partial charge on any atom is -0.296 e. The molecule has 1 saturated heterocycles. The second-order valence-electron chi connectivity index (χ2n) is 7.54. The van der Waals surface area contributed by atoms with Crippen molar-refractivity contribution in [2.45, 2.75) is 30.2 Å². The summed E-state index contributed by atoms with van der Waals surface area (Å²) in [5, 5.41) is 0.650. The van der Waals surface area contributed by atoms with Crippen molar-refractivity contribution in [1.29, 1.82) is 0 Å². The highest BCUT2D eigenvalue weighted by molar-refractivity contribution is 7.90. The van der Waals surface area contributed by atoms with Gasteiger partial charge in [-0.3, -0.25) is 4.90 Å². The molecule has 0 saturated carbocycles. The van der Waals surface area contributed by atoms with Crippen LogP contribution in [0.5, 0.6) is 0 Å². The van der Waals surface area contributed by atoms with Crippen LogP contribution in [0, 0.1) is 5.82 Å². The van der Waals surface area contributed by atoms with Gasteiger partial charge in [0.2, 0.25) is 0 Å². The number of aromatic nitrogens is 1. The van der Waals surface area contributed by atoms with Gasteiger partial charge in [0.1, 0.15) is 5.82 Å². The lowest BCUT2D eigenvalue weighted by Gasteiger charge is -2.29. The molecular weight excluding hydrogens is 375 g/mol. The SMILES string of the molecule is O=S(=O)(c1ccccc1)n1cc(C2=CCN3CCC[C@H]3C2)c2cc(F)ccc21. The van der Waals surface area contributed by atoms with Gasteiger partial charge < -0.3 is 0 Å². The zero-order chi connectivity index (χ0) is 19.3. The molecular formula is C22H21FN2O2S. The van der Waals surface area contributed by atoms with Crippen molar-refractivity contribution in [3.05, 3.63) is 72.2 Å². The van der Waals surface area contributed by atoms with E-state index in [1.54, 1.807) is 42.6 Å². The van der Waals surface area contributed by atoms with Crippen LogP contribution in [-0.2, 0) is 10.0 Å². The van der Waals surface area contributed by atoms with Crippen LogP contribution in [0.3, 0.4) is 0 Å². The average Bonchev–Trinajstić information content (AvgIpc) is 3.32. The van der Waals surface area contributed by atoms with E-state index < -0.39 is 10.0 Å². The highest BCUT2D eigenvalue weighted by Gasteiger charge is 2.30. The number of hydrogen-bond acceptors (Lipinski definition) is 3. The summed E-state index contributed by atoms with van der Waals surface area (Å²) >= 11 is 0. The summed E-state index contributed by atoms with van der Waals surface area (Å²) < 4.78 is 41.8. The van der Waals surface area contributed by atoms with Crippen LogP contribution in [0.1, 0.15) is 24.8 Å². The van der Waals surface area contributed by atoms with Crippen LogP contribution in [0.4, 0.5) is 4.39 Å². The molecule has 0 unspecified atom stereocenters. The van der Waals surface area contributed by atoms with Crippen molar-refractivity contribution < 1.29 is 12.8 Å². The number of hydrogen-bond donors (Lipinski definition) is 0. The zero-order valence-corrected chi connectivity index (χ0v) is 16.2. The lowest BCUT2D eigenvalue weighted by molar-refractivity contribution is 0.275. The van der Waals surface area contributed by atoms with Crippen molar-refractivity contribution in [2.24, 2.45) is 0 Å². The standard InChI is InChI=1S/C22H21FN2O2S/c23-17-8-9-22-20(14-17)21(16-10-12-24-11-4-5-18(24)13-16)15-25(22)28(26,27)19-6-2-1-3-7-19/h1-3,6-10,14-15,18H,4-5,11-13H2/t18-/m0/s1. The summed E-state index contributed by atoms with van der Waals surface area (Å²) in [6, 6.07) is 13.2. The second-order valence-corrected chi connectivity index (χ2v) is 9.36. The Morgan fingerprint density at radius 2 is 1.89 bits per heavy atom.